The van der Waals surface area contributed by atoms with Crippen LogP contribution in [0, 0.1) is 6.92 Å². The lowest BCUT2D eigenvalue weighted by Gasteiger charge is -2.24. The number of urea groups is 1. The van der Waals surface area contributed by atoms with Crippen molar-refractivity contribution in [2.24, 2.45) is 0 Å². The molecule has 4 rings (SSSR count). The number of nitrogens with zero attached hydrogens (tertiary/aromatic N) is 1. The molecule has 0 unspecified atom stereocenters. The minimum absolute atomic E-state index is 0.196. The van der Waals surface area contributed by atoms with Crippen LogP contribution in [0.3, 0.4) is 0 Å². The molecular formula is C29H25Cl3N2O2. The number of hydrogen-bond donors (Lipinski definition) is 1. The number of ether oxygens (including phenoxy) is 1. The SMILES string of the molecule is Cc1ccccc1NC(=O)N(CCc1ccc(Cl)cc1Cl)Cc1cccc(Oc2ccc(Cl)cc2)c1. The molecule has 1 N–H and O–H groups in total. The van der Waals surface area contributed by atoms with Crippen molar-refractivity contribution in [1.82, 2.24) is 4.90 Å². The summed E-state index contributed by atoms with van der Waals surface area (Å²) in [6, 6.07) is 27.8. The standard InChI is InChI=1S/C29H25Cl3N2O2/c1-20-5-2-3-8-28(20)33-29(35)34(16-15-22-9-10-24(31)18-27(22)32)19-21-6-4-7-26(17-21)36-25-13-11-23(30)12-14-25/h2-14,17-18H,15-16,19H2,1H3,(H,33,35). The van der Waals surface area contributed by atoms with E-state index in [0.717, 1.165) is 22.4 Å². The highest BCUT2D eigenvalue weighted by Crippen LogP contribution is 2.25. The normalized spacial score (nSPS) is 10.7. The molecule has 7 heteroatoms. The molecule has 0 saturated heterocycles. The fourth-order valence-electron chi connectivity index (χ4n) is 3.71. The van der Waals surface area contributed by atoms with Crippen LogP contribution in [-0.2, 0) is 13.0 Å². The first-order valence-electron chi connectivity index (χ1n) is 11.5. The summed E-state index contributed by atoms with van der Waals surface area (Å²) in [7, 11) is 0. The van der Waals surface area contributed by atoms with E-state index in [1.165, 1.54) is 0 Å². The van der Waals surface area contributed by atoms with Gasteiger partial charge in [-0.05, 0) is 84.6 Å². The third-order valence-corrected chi connectivity index (χ3v) is 6.50. The molecule has 0 radical (unpaired) electrons. The van der Waals surface area contributed by atoms with Crippen molar-refractivity contribution in [2.75, 3.05) is 11.9 Å². The highest BCUT2D eigenvalue weighted by atomic mass is 35.5. The maximum absolute atomic E-state index is 13.4. The first kappa shape index (κ1) is 25.9. The summed E-state index contributed by atoms with van der Waals surface area (Å²) < 4.78 is 5.98. The van der Waals surface area contributed by atoms with E-state index in [1.54, 1.807) is 29.2 Å². The van der Waals surface area contributed by atoms with Crippen LogP contribution in [0.5, 0.6) is 11.5 Å². The van der Waals surface area contributed by atoms with Crippen molar-refractivity contribution in [3.63, 3.8) is 0 Å². The number of para-hydroxylation sites is 1. The lowest BCUT2D eigenvalue weighted by atomic mass is 10.1. The van der Waals surface area contributed by atoms with Gasteiger partial charge in [-0.3, -0.25) is 0 Å². The second kappa shape index (κ2) is 12.2. The summed E-state index contributed by atoms with van der Waals surface area (Å²) >= 11 is 18.4. The summed E-state index contributed by atoms with van der Waals surface area (Å²) in [6.45, 7) is 2.81. The van der Waals surface area contributed by atoms with Crippen molar-refractivity contribution in [3.8, 4) is 11.5 Å². The number of rotatable bonds is 8. The van der Waals surface area contributed by atoms with Crippen LogP contribution in [0.15, 0.2) is 91.0 Å². The molecule has 0 spiro atoms. The second-order valence-corrected chi connectivity index (χ2v) is 9.64. The van der Waals surface area contributed by atoms with Crippen LogP contribution >= 0.6 is 34.8 Å². The fourth-order valence-corrected chi connectivity index (χ4v) is 4.34. The van der Waals surface area contributed by atoms with Crippen LogP contribution in [-0.4, -0.2) is 17.5 Å². The Morgan fingerprint density at radius 3 is 2.33 bits per heavy atom. The Hall–Kier alpha value is -3.18. The second-order valence-electron chi connectivity index (χ2n) is 8.36. The van der Waals surface area contributed by atoms with Gasteiger partial charge >= 0.3 is 6.03 Å². The minimum Gasteiger partial charge on any atom is -0.457 e. The van der Waals surface area contributed by atoms with Crippen LogP contribution in [0.25, 0.3) is 0 Å². The van der Waals surface area contributed by atoms with E-state index in [0.29, 0.717) is 46.1 Å². The third-order valence-electron chi connectivity index (χ3n) is 5.66. The predicted octanol–water partition coefficient (Wildman–Crippen LogP) is 9.02. The average molecular weight is 540 g/mol. The van der Waals surface area contributed by atoms with Gasteiger partial charge in [-0.25, -0.2) is 4.79 Å². The highest BCUT2D eigenvalue weighted by Gasteiger charge is 2.16. The Morgan fingerprint density at radius 2 is 1.58 bits per heavy atom. The Balaban J connectivity index is 1.52. The van der Waals surface area contributed by atoms with Gasteiger partial charge in [0.25, 0.3) is 0 Å². The van der Waals surface area contributed by atoms with Gasteiger partial charge in [0, 0.05) is 33.8 Å². The molecule has 2 amide bonds. The molecule has 36 heavy (non-hydrogen) atoms. The van der Waals surface area contributed by atoms with Gasteiger partial charge in [0.15, 0.2) is 0 Å². The Labute approximate surface area is 226 Å². The predicted molar refractivity (Wildman–Crippen MR) is 149 cm³/mol. The van der Waals surface area contributed by atoms with Crippen molar-refractivity contribution >= 4 is 46.5 Å². The first-order chi connectivity index (χ1) is 17.4. The van der Waals surface area contributed by atoms with Gasteiger partial charge in [-0.1, -0.05) is 71.2 Å². The average Bonchev–Trinajstić information content (AvgIpc) is 2.86. The molecular weight excluding hydrogens is 515 g/mol. The number of anilines is 1. The summed E-state index contributed by atoms with van der Waals surface area (Å²) in [5, 5.41) is 4.85. The number of nitrogens with one attached hydrogen (secondary N) is 1. The monoisotopic (exact) mass is 538 g/mol. The van der Waals surface area contributed by atoms with Crippen LogP contribution < -0.4 is 10.1 Å². The van der Waals surface area contributed by atoms with Crippen LogP contribution in [0.4, 0.5) is 10.5 Å². The van der Waals surface area contributed by atoms with E-state index in [9.17, 15) is 4.79 Å². The fraction of sp³-hybridized carbons (Fsp3) is 0.138. The molecule has 0 aliphatic carbocycles. The Morgan fingerprint density at radius 1 is 0.833 bits per heavy atom. The number of amides is 2. The number of halogens is 3. The molecule has 184 valence electrons. The van der Waals surface area contributed by atoms with E-state index in [2.05, 4.69) is 5.32 Å². The molecule has 0 fully saturated rings. The number of carbonyl (C=O) groups is 1. The number of benzene rings is 4. The number of hydrogen-bond acceptors (Lipinski definition) is 2. The third kappa shape index (κ3) is 7.17. The highest BCUT2D eigenvalue weighted by molar-refractivity contribution is 6.35. The van der Waals surface area contributed by atoms with Crippen LogP contribution in [0.2, 0.25) is 15.1 Å². The van der Waals surface area contributed by atoms with E-state index in [4.69, 9.17) is 39.5 Å². The van der Waals surface area contributed by atoms with Crippen molar-refractivity contribution < 1.29 is 9.53 Å². The molecule has 0 aliphatic rings. The Bertz CT molecular complexity index is 1340. The molecule has 0 atom stereocenters. The smallest absolute Gasteiger partial charge is 0.322 e. The van der Waals surface area contributed by atoms with Crippen molar-refractivity contribution in [2.45, 2.75) is 19.9 Å². The van der Waals surface area contributed by atoms with Gasteiger partial charge in [0.2, 0.25) is 0 Å². The molecule has 0 heterocycles. The van der Waals surface area contributed by atoms with Gasteiger partial charge in [-0.15, -0.1) is 0 Å². The zero-order chi connectivity index (χ0) is 25.5. The number of aryl methyl sites for hydroxylation is 1. The van der Waals surface area contributed by atoms with Gasteiger partial charge in [0.05, 0.1) is 0 Å². The van der Waals surface area contributed by atoms with Crippen molar-refractivity contribution in [3.05, 3.63) is 123 Å². The maximum Gasteiger partial charge on any atom is 0.322 e. The first-order valence-corrected chi connectivity index (χ1v) is 12.6. The van der Waals surface area contributed by atoms with Gasteiger partial charge < -0.3 is 15.0 Å². The molecule has 4 aromatic rings. The molecule has 0 bridgehead atoms. The van der Waals surface area contributed by atoms with Crippen LogP contribution in [0.1, 0.15) is 16.7 Å². The molecule has 0 aliphatic heterocycles. The van der Waals surface area contributed by atoms with Gasteiger partial charge in [0.1, 0.15) is 11.5 Å². The minimum atomic E-state index is -0.196. The largest absolute Gasteiger partial charge is 0.457 e. The number of carbonyl (C=O) groups excluding carboxylic acids is 1. The maximum atomic E-state index is 13.4. The zero-order valence-corrected chi connectivity index (χ0v) is 21.9. The Kier molecular flexibility index (Phi) is 8.76. The quantitative estimate of drug-likeness (QED) is 0.243. The lowest BCUT2D eigenvalue weighted by Crippen LogP contribution is -2.36. The van der Waals surface area contributed by atoms with Gasteiger partial charge in [-0.2, -0.15) is 0 Å². The topological polar surface area (TPSA) is 41.6 Å². The van der Waals surface area contributed by atoms with E-state index in [-0.39, 0.29) is 6.03 Å². The zero-order valence-electron chi connectivity index (χ0n) is 19.7. The summed E-state index contributed by atoms with van der Waals surface area (Å²) in [5.41, 5.74) is 3.62. The molecule has 4 aromatic carbocycles. The molecule has 0 aromatic heterocycles. The lowest BCUT2D eigenvalue weighted by molar-refractivity contribution is 0.209. The summed E-state index contributed by atoms with van der Waals surface area (Å²) in [6.07, 6.45) is 0.582. The summed E-state index contributed by atoms with van der Waals surface area (Å²) in [5.74, 6) is 1.36. The van der Waals surface area contributed by atoms with E-state index < -0.39 is 0 Å². The van der Waals surface area contributed by atoms with E-state index in [1.807, 2.05) is 73.7 Å². The summed E-state index contributed by atoms with van der Waals surface area (Å²) in [4.78, 5) is 15.1. The molecule has 0 saturated carbocycles. The van der Waals surface area contributed by atoms with E-state index >= 15 is 0 Å². The molecule has 4 nitrogen and oxygen atoms in total. The van der Waals surface area contributed by atoms with Crippen molar-refractivity contribution in [1.29, 1.82) is 0 Å².